The van der Waals surface area contributed by atoms with E-state index in [1.54, 1.807) is 47.4 Å². The van der Waals surface area contributed by atoms with Crippen LogP contribution in [-0.2, 0) is 10.0 Å². The minimum atomic E-state index is -3.88. The molecule has 3 aromatic carbocycles. The summed E-state index contributed by atoms with van der Waals surface area (Å²) in [5, 5.41) is 0.432. The number of carbonyl (C=O) groups is 1. The second-order valence-electron chi connectivity index (χ2n) is 6.52. The van der Waals surface area contributed by atoms with E-state index in [0.29, 0.717) is 22.9 Å². The zero-order valence-corrected chi connectivity index (χ0v) is 18.0. The first-order valence-corrected chi connectivity index (χ1v) is 11.0. The molecule has 0 N–H and O–H groups in total. The Kier molecular flexibility index (Phi) is 6.59. The number of sulfonamides is 1. The van der Waals surface area contributed by atoms with Crippen molar-refractivity contribution in [3.63, 3.8) is 0 Å². The van der Waals surface area contributed by atoms with Crippen molar-refractivity contribution in [1.29, 1.82) is 0 Å². The molecule has 0 aromatic heterocycles. The third kappa shape index (κ3) is 4.56. The monoisotopic (exact) mass is 440 g/mol. The van der Waals surface area contributed by atoms with E-state index in [2.05, 4.69) is 6.58 Å². The van der Waals surface area contributed by atoms with E-state index in [4.69, 9.17) is 11.6 Å². The van der Waals surface area contributed by atoms with Crippen LogP contribution in [0, 0.1) is 0 Å². The summed E-state index contributed by atoms with van der Waals surface area (Å²) in [5.41, 5.74) is 1.39. The van der Waals surface area contributed by atoms with E-state index in [1.165, 1.54) is 19.2 Å². The standard InChI is InChI=1S/C23H21ClN2O3S/c1-3-15-26(20-11-5-4-6-12-20)23(27)18-9-7-14-22(16-18)30(28,29)25(2)21-13-8-10-19(24)17-21/h3-14,16-17H,1,15H2,2H3. The highest BCUT2D eigenvalue weighted by molar-refractivity contribution is 7.92. The van der Waals surface area contributed by atoms with Crippen LogP contribution in [-0.4, -0.2) is 27.9 Å². The lowest BCUT2D eigenvalue weighted by Crippen LogP contribution is -2.31. The lowest BCUT2D eigenvalue weighted by atomic mass is 10.1. The zero-order valence-electron chi connectivity index (χ0n) is 16.4. The minimum Gasteiger partial charge on any atom is -0.305 e. The Hall–Kier alpha value is -3.09. The van der Waals surface area contributed by atoms with E-state index in [9.17, 15) is 13.2 Å². The van der Waals surface area contributed by atoms with Crippen molar-refractivity contribution >= 4 is 38.9 Å². The summed E-state index contributed by atoms with van der Waals surface area (Å²) in [6, 6.07) is 21.7. The average molecular weight is 441 g/mol. The SMILES string of the molecule is C=CCN(C(=O)c1cccc(S(=O)(=O)N(C)c2cccc(Cl)c2)c1)c1ccccc1. The van der Waals surface area contributed by atoms with Crippen LogP contribution in [0.15, 0.2) is 96.4 Å². The maximum Gasteiger partial charge on any atom is 0.264 e. The Balaban J connectivity index is 1.96. The predicted molar refractivity (Wildman–Crippen MR) is 122 cm³/mol. The van der Waals surface area contributed by atoms with Crippen LogP contribution in [0.3, 0.4) is 0 Å². The maximum absolute atomic E-state index is 13.2. The number of halogens is 1. The van der Waals surface area contributed by atoms with Crippen molar-refractivity contribution in [2.24, 2.45) is 0 Å². The molecule has 0 radical (unpaired) electrons. The van der Waals surface area contributed by atoms with Gasteiger partial charge >= 0.3 is 0 Å². The van der Waals surface area contributed by atoms with Gasteiger partial charge in [-0.1, -0.05) is 48.0 Å². The summed E-state index contributed by atoms with van der Waals surface area (Å²) >= 11 is 5.99. The molecule has 5 nitrogen and oxygen atoms in total. The molecule has 0 spiro atoms. The van der Waals surface area contributed by atoms with E-state index in [1.807, 2.05) is 30.3 Å². The first kappa shape index (κ1) is 21.6. The summed E-state index contributed by atoms with van der Waals surface area (Å²) < 4.78 is 27.4. The van der Waals surface area contributed by atoms with E-state index in [-0.39, 0.29) is 16.4 Å². The number of carbonyl (C=O) groups excluding carboxylic acids is 1. The molecular weight excluding hydrogens is 420 g/mol. The van der Waals surface area contributed by atoms with Gasteiger partial charge in [-0.05, 0) is 48.5 Å². The highest BCUT2D eigenvalue weighted by atomic mass is 35.5. The van der Waals surface area contributed by atoms with Crippen molar-refractivity contribution in [3.8, 4) is 0 Å². The van der Waals surface area contributed by atoms with Gasteiger partial charge in [0.25, 0.3) is 15.9 Å². The quantitative estimate of drug-likeness (QED) is 0.486. The Labute approximate surface area is 181 Å². The van der Waals surface area contributed by atoms with Gasteiger partial charge in [0.1, 0.15) is 0 Å². The number of para-hydroxylation sites is 1. The van der Waals surface area contributed by atoms with Crippen LogP contribution >= 0.6 is 11.6 Å². The largest absolute Gasteiger partial charge is 0.305 e. The summed E-state index contributed by atoms with van der Waals surface area (Å²) in [5.74, 6) is -0.316. The fraction of sp³-hybridized carbons (Fsp3) is 0.0870. The molecule has 0 bridgehead atoms. The summed E-state index contributed by atoms with van der Waals surface area (Å²) in [6.45, 7) is 4.01. The van der Waals surface area contributed by atoms with Crippen LogP contribution in [0.4, 0.5) is 11.4 Å². The van der Waals surface area contributed by atoms with E-state index in [0.717, 1.165) is 4.31 Å². The Bertz CT molecular complexity index is 1160. The Morgan fingerprint density at radius 2 is 1.63 bits per heavy atom. The fourth-order valence-corrected chi connectivity index (χ4v) is 4.38. The van der Waals surface area contributed by atoms with Crippen LogP contribution in [0.25, 0.3) is 0 Å². The summed E-state index contributed by atoms with van der Waals surface area (Å²) in [6.07, 6.45) is 1.62. The van der Waals surface area contributed by atoms with Gasteiger partial charge in [-0.25, -0.2) is 8.42 Å². The number of hydrogen-bond acceptors (Lipinski definition) is 3. The van der Waals surface area contributed by atoms with Gasteiger partial charge in [0.15, 0.2) is 0 Å². The molecule has 0 saturated heterocycles. The lowest BCUT2D eigenvalue weighted by molar-refractivity contribution is 0.0989. The first-order valence-electron chi connectivity index (χ1n) is 9.17. The normalized spacial score (nSPS) is 11.0. The average Bonchev–Trinajstić information content (AvgIpc) is 2.77. The van der Waals surface area contributed by atoms with Crippen molar-refractivity contribution in [3.05, 3.63) is 102 Å². The lowest BCUT2D eigenvalue weighted by Gasteiger charge is -2.23. The van der Waals surface area contributed by atoms with Crippen molar-refractivity contribution in [2.45, 2.75) is 4.90 Å². The third-order valence-corrected chi connectivity index (χ3v) is 6.55. The van der Waals surface area contributed by atoms with Gasteiger partial charge < -0.3 is 4.90 Å². The number of amides is 1. The summed E-state index contributed by atoms with van der Waals surface area (Å²) in [7, 11) is -2.44. The van der Waals surface area contributed by atoms with Crippen molar-refractivity contribution in [2.75, 3.05) is 22.8 Å². The van der Waals surface area contributed by atoms with Crippen LogP contribution in [0.2, 0.25) is 5.02 Å². The number of rotatable bonds is 7. The Morgan fingerprint density at radius 1 is 0.967 bits per heavy atom. The van der Waals surface area contributed by atoms with Gasteiger partial charge in [-0.2, -0.15) is 0 Å². The van der Waals surface area contributed by atoms with Gasteiger partial charge in [-0.3, -0.25) is 9.10 Å². The molecule has 30 heavy (non-hydrogen) atoms. The van der Waals surface area contributed by atoms with Crippen LogP contribution < -0.4 is 9.21 Å². The highest BCUT2D eigenvalue weighted by Crippen LogP contribution is 2.26. The Morgan fingerprint density at radius 3 is 2.30 bits per heavy atom. The molecule has 0 saturated carbocycles. The minimum absolute atomic E-state index is 0.0161. The fourth-order valence-electron chi connectivity index (χ4n) is 2.96. The molecule has 0 unspecified atom stereocenters. The van der Waals surface area contributed by atoms with Crippen molar-refractivity contribution < 1.29 is 13.2 Å². The van der Waals surface area contributed by atoms with E-state index >= 15 is 0 Å². The molecule has 154 valence electrons. The van der Waals surface area contributed by atoms with Crippen LogP contribution in [0.1, 0.15) is 10.4 Å². The smallest absolute Gasteiger partial charge is 0.264 e. The summed E-state index contributed by atoms with van der Waals surface area (Å²) in [4.78, 5) is 14.7. The molecule has 0 aliphatic carbocycles. The maximum atomic E-state index is 13.2. The molecule has 3 aromatic rings. The number of benzene rings is 3. The van der Waals surface area contributed by atoms with Gasteiger partial charge in [0, 0.05) is 29.9 Å². The topological polar surface area (TPSA) is 57.7 Å². The highest BCUT2D eigenvalue weighted by Gasteiger charge is 2.24. The molecule has 0 aliphatic rings. The van der Waals surface area contributed by atoms with Crippen LogP contribution in [0.5, 0.6) is 0 Å². The predicted octanol–water partition coefficient (Wildman–Crippen LogP) is 5.00. The number of anilines is 2. The molecule has 1 amide bonds. The number of nitrogens with zero attached hydrogens (tertiary/aromatic N) is 2. The first-order chi connectivity index (χ1) is 14.3. The van der Waals surface area contributed by atoms with Gasteiger partial charge in [-0.15, -0.1) is 6.58 Å². The van der Waals surface area contributed by atoms with Gasteiger partial charge in [0.05, 0.1) is 10.6 Å². The molecule has 0 heterocycles. The molecule has 0 atom stereocenters. The van der Waals surface area contributed by atoms with E-state index < -0.39 is 10.0 Å². The number of hydrogen-bond donors (Lipinski definition) is 0. The molecule has 3 rings (SSSR count). The van der Waals surface area contributed by atoms with Crippen molar-refractivity contribution in [1.82, 2.24) is 0 Å². The molecular formula is C23H21ClN2O3S. The van der Waals surface area contributed by atoms with Gasteiger partial charge in [0.2, 0.25) is 0 Å². The zero-order chi connectivity index (χ0) is 21.7. The molecule has 7 heteroatoms. The second kappa shape index (κ2) is 9.15. The molecule has 0 aliphatic heterocycles. The second-order valence-corrected chi connectivity index (χ2v) is 8.93. The molecule has 0 fully saturated rings. The third-order valence-electron chi connectivity index (χ3n) is 4.54.